The van der Waals surface area contributed by atoms with Gasteiger partial charge in [-0.05, 0) is 38.6 Å². The molecule has 0 aromatic carbocycles. The van der Waals surface area contributed by atoms with Crippen molar-refractivity contribution >= 4 is 5.91 Å². The van der Waals surface area contributed by atoms with Crippen molar-refractivity contribution in [1.82, 2.24) is 10.2 Å². The molecule has 2 fully saturated rings. The molecule has 0 saturated heterocycles. The first-order chi connectivity index (χ1) is 10.1. The number of amides is 1. The number of nitrogens with zero attached hydrogens (tertiary/aromatic N) is 2. The van der Waals surface area contributed by atoms with Crippen LogP contribution in [0.2, 0.25) is 0 Å². The van der Waals surface area contributed by atoms with Gasteiger partial charge in [0.2, 0.25) is 5.91 Å². The van der Waals surface area contributed by atoms with Gasteiger partial charge in [-0.1, -0.05) is 25.7 Å². The summed E-state index contributed by atoms with van der Waals surface area (Å²) in [6, 6.07) is 2.66. The number of rotatable bonds is 6. The van der Waals surface area contributed by atoms with Crippen molar-refractivity contribution in [3.8, 4) is 6.07 Å². The van der Waals surface area contributed by atoms with E-state index in [-0.39, 0.29) is 5.91 Å². The molecule has 0 aliphatic heterocycles. The molecule has 0 aromatic heterocycles. The molecule has 3 N–H and O–H groups in total. The zero-order valence-electron chi connectivity index (χ0n) is 13.1. The molecule has 2 saturated carbocycles. The number of nitrogens with one attached hydrogen (secondary N) is 1. The van der Waals surface area contributed by atoms with Crippen LogP contribution in [0.4, 0.5) is 0 Å². The highest BCUT2D eigenvalue weighted by atomic mass is 16.2. The molecule has 2 aliphatic rings. The van der Waals surface area contributed by atoms with Crippen LogP contribution >= 0.6 is 0 Å². The molecule has 1 atom stereocenters. The van der Waals surface area contributed by atoms with E-state index < -0.39 is 5.54 Å². The lowest BCUT2D eigenvalue weighted by Crippen LogP contribution is -2.52. The largest absolute Gasteiger partial charge is 0.337 e. The maximum atomic E-state index is 12.3. The first kappa shape index (κ1) is 16.3. The number of hydrogen-bond acceptors (Lipinski definition) is 4. The van der Waals surface area contributed by atoms with Crippen LogP contribution in [0.15, 0.2) is 0 Å². The predicted octanol–water partition coefficient (Wildman–Crippen LogP) is 1.39. The van der Waals surface area contributed by atoms with Gasteiger partial charge in [-0.25, -0.2) is 0 Å². The first-order valence-corrected chi connectivity index (χ1v) is 8.23. The smallest absolute Gasteiger partial charge is 0.235 e. The number of carbonyl (C=O) groups is 1. The van der Waals surface area contributed by atoms with E-state index in [1.54, 1.807) is 0 Å². The van der Waals surface area contributed by atoms with Gasteiger partial charge in [0.05, 0.1) is 12.6 Å². The van der Waals surface area contributed by atoms with E-state index in [1.807, 2.05) is 7.05 Å². The number of nitrogens with two attached hydrogens (primary N) is 1. The third kappa shape index (κ3) is 4.42. The second-order valence-corrected chi connectivity index (χ2v) is 6.71. The van der Waals surface area contributed by atoms with Crippen molar-refractivity contribution in [3.05, 3.63) is 0 Å². The molecular weight excluding hydrogens is 264 g/mol. The number of nitriles is 1. The summed E-state index contributed by atoms with van der Waals surface area (Å²) in [4.78, 5) is 14.4. The minimum atomic E-state index is -0.647. The van der Waals surface area contributed by atoms with E-state index in [0.29, 0.717) is 25.0 Å². The summed E-state index contributed by atoms with van der Waals surface area (Å²) < 4.78 is 0. The molecule has 118 valence electrons. The molecule has 0 aromatic rings. The zero-order valence-corrected chi connectivity index (χ0v) is 13.1. The molecule has 0 bridgehead atoms. The van der Waals surface area contributed by atoms with Crippen LogP contribution in [0.5, 0.6) is 0 Å². The molecule has 2 rings (SSSR count). The fourth-order valence-electron chi connectivity index (χ4n) is 3.46. The maximum absolute atomic E-state index is 12.3. The van der Waals surface area contributed by atoms with Crippen molar-refractivity contribution in [2.75, 3.05) is 20.1 Å². The standard InChI is InChI=1S/C16H28N4O/c1-20(14(10-17)13-6-7-13)11-15(21)19-16(12-18)8-4-2-3-5-9-16/h13-14H,2-11,17H2,1H3,(H,19,21). The highest BCUT2D eigenvalue weighted by Gasteiger charge is 2.35. The lowest BCUT2D eigenvalue weighted by atomic mass is 9.92. The first-order valence-electron chi connectivity index (χ1n) is 8.23. The monoisotopic (exact) mass is 292 g/mol. The van der Waals surface area contributed by atoms with Gasteiger partial charge < -0.3 is 11.1 Å². The van der Waals surface area contributed by atoms with Crippen molar-refractivity contribution < 1.29 is 4.79 Å². The van der Waals surface area contributed by atoms with Gasteiger partial charge in [0.25, 0.3) is 0 Å². The van der Waals surface area contributed by atoms with E-state index >= 15 is 0 Å². The number of hydrogen-bond donors (Lipinski definition) is 2. The SMILES string of the molecule is CN(CC(=O)NC1(C#N)CCCCCC1)C(CN)C1CC1. The highest BCUT2D eigenvalue weighted by Crippen LogP contribution is 2.34. The lowest BCUT2D eigenvalue weighted by Gasteiger charge is -2.30. The fourth-order valence-corrected chi connectivity index (χ4v) is 3.46. The second-order valence-electron chi connectivity index (χ2n) is 6.71. The van der Waals surface area contributed by atoms with E-state index in [0.717, 1.165) is 38.5 Å². The Labute approximate surface area is 127 Å². The highest BCUT2D eigenvalue weighted by molar-refractivity contribution is 5.79. The van der Waals surface area contributed by atoms with Gasteiger partial charge >= 0.3 is 0 Å². The quantitative estimate of drug-likeness (QED) is 0.725. The minimum absolute atomic E-state index is 0.0416. The third-order valence-corrected chi connectivity index (χ3v) is 4.92. The van der Waals surface area contributed by atoms with E-state index in [9.17, 15) is 10.1 Å². The molecule has 5 heteroatoms. The Morgan fingerprint density at radius 2 is 2.00 bits per heavy atom. The Bertz CT molecular complexity index is 392. The van der Waals surface area contributed by atoms with Crippen LogP contribution in [0.1, 0.15) is 51.4 Å². The molecule has 21 heavy (non-hydrogen) atoms. The Kier molecular flexibility index (Phi) is 5.60. The Balaban J connectivity index is 1.88. The fraction of sp³-hybridized carbons (Fsp3) is 0.875. The van der Waals surface area contributed by atoms with Crippen molar-refractivity contribution in [1.29, 1.82) is 5.26 Å². The Morgan fingerprint density at radius 3 is 2.48 bits per heavy atom. The van der Waals surface area contributed by atoms with Gasteiger partial charge in [-0.3, -0.25) is 9.69 Å². The summed E-state index contributed by atoms with van der Waals surface area (Å²) in [6.07, 6.45) is 8.37. The van der Waals surface area contributed by atoms with Crippen LogP contribution in [-0.4, -0.2) is 42.5 Å². The van der Waals surface area contributed by atoms with Gasteiger partial charge in [-0.2, -0.15) is 5.26 Å². The normalized spacial score (nSPS) is 23.1. The van der Waals surface area contributed by atoms with Crippen molar-refractivity contribution in [3.63, 3.8) is 0 Å². The van der Waals surface area contributed by atoms with Gasteiger partial charge in [0.15, 0.2) is 0 Å². The molecule has 1 unspecified atom stereocenters. The van der Waals surface area contributed by atoms with Crippen LogP contribution in [0.3, 0.4) is 0 Å². The molecule has 1 amide bonds. The predicted molar refractivity (Wildman–Crippen MR) is 82.4 cm³/mol. The summed E-state index contributed by atoms with van der Waals surface area (Å²) in [5.74, 6) is 0.607. The average Bonchev–Trinajstić information content (AvgIpc) is 3.27. The summed E-state index contributed by atoms with van der Waals surface area (Å²) in [5.41, 5.74) is 5.18. The third-order valence-electron chi connectivity index (χ3n) is 4.92. The van der Waals surface area contributed by atoms with Gasteiger partial charge in [-0.15, -0.1) is 0 Å². The summed E-state index contributed by atoms with van der Waals surface area (Å²) in [6.45, 7) is 0.930. The summed E-state index contributed by atoms with van der Waals surface area (Å²) in [7, 11) is 1.96. The van der Waals surface area contributed by atoms with E-state index in [4.69, 9.17) is 5.73 Å². The van der Waals surface area contributed by atoms with Gasteiger partial charge in [0.1, 0.15) is 5.54 Å². The number of carbonyl (C=O) groups excluding carboxylic acids is 1. The Morgan fingerprint density at radius 1 is 1.38 bits per heavy atom. The number of likely N-dealkylation sites (N-methyl/N-ethyl adjacent to an activating group) is 1. The average molecular weight is 292 g/mol. The zero-order chi connectivity index (χ0) is 15.3. The molecule has 2 aliphatic carbocycles. The summed E-state index contributed by atoms with van der Waals surface area (Å²) >= 11 is 0. The molecule has 5 nitrogen and oxygen atoms in total. The minimum Gasteiger partial charge on any atom is -0.337 e. The van der Waals surface area contributed by atoms with Crippen LogP contribution < -0.4 is 11.1 Å². The van der Waals surface area contributed by atoms with E-state index in [1.165, 1.54) is 12.8 Å². The molecular formula is C16H28N4O. The van der Waals surface area contributed by atoms with Crippen LogP contribution in [-0.2, 0) is 4.79 Å². The van der Waals surface area contributed by atoms with Crippen molar-refractivity contribution in [2.45, 2.75) is 62.9 Å². The van der Waals surface area contributed by atoms with Gasteiger partial charge in [0, 0.05) is 12.6 Å². The van der Waals surface area contributed by atoms with Crippen molar-refractivity contribution in [2.24, 2.45) is 11.7 Å². The second kappa shape index (κ2) is 7.24. The Hall–Kier alpha value is -1.12. The topological polar surface area (TPSA) is 82.2 Å². The van der Waals surface area contributed by atoms with Crippen LogP contribution in [0, 0.1) is 17.2 Å². The maximum Gasteiger partial charge on any atom is 0.235 e. The lowest BCUT2D eigenvalue weighted by molar-refractivity contribution is -0.124. The summed E-state index contributed by atoms with van der Waals surface area (Å²) in [5, 5.41) is 12.5. The van der Waals surface area contributed by atoms with E-state index in [2.05, 4.69) is 16.3 Å². The molecule has 0 spiro atoms. The molecule has 0 heterocycles. The molecule has 0 radical (unpaired) electrons. The van der Waals surface area contributed by atoms with Crippen LogP contribution in [0.25, 0.3) is 0 Å².